The first-order valence-electron chi connectivity index (χ1n) is 9.81. The van der Waals surface area contributed by atoms with E-state index >= 15 is 0 Å². The molecule has 0 heterocycles. The summed E-state index contributed by atoms with van der Waals surface area (Å²) in [6.07, 6.45) is -8.58. The first kappa shape index (κ1) is 23.3. The third-order valence-electron chi connectivity index (χ3n) is 7.51. The highest BCUT2D eigenvalue weighted by atomic mass is 19.4. The van der Waals surface area contributed by atoms with E-state index in [-0.39, 0.29) is 0 Å². The van der Waals surface area contributed by atoms with E-state index < -0.39 is 95.4 Å². The Morgan fingerprint density at radius 2 is 1.06 bits per heavy atom. The number of ether oxygens (including phenoxy) is 1. The highest BCUT2D eigenvalue weighted by Crippen LogP contribution is 2.65. The van der Waals surface area contributed by atoms with E-state index in [1.54, 1.807) is 0 Å². The second-order valence-electron chi connectivity index (χ2n) is 8.95. The van der Waals surface area contributed by atoms with Crippen LogP contribution >= 0.6 is 0 Å². The molecule has 2 saturated carbocycles. The summed E-state index contributed by atoms with van der Waals surface area (Å²) in [5.41, 5.74) is -5.92. The molecule has 0 amide bonds. The second-order valence-corrected chi connectivity index (χ2v) is 8.95. The van der Waals surface area contributed by atoms with Crippen LogP contribution in [0.1, 0.15) is 12.8 Å². The number of hydrogen-bond acceptors (Lipinski definition) is 5. The Kier molecular flexibility index (Phi) is 4.82. The van der Waals surface area contributed by atoms with E-state index in [0.717, 1.165) is 12.2 Å². The van der Waals surface area contributed by atoms with Crippen LogP contribution < -0.4 is 0 Å². The molecule has 4 aliphatic rings. The molecule has 13 heteroatoms. The van der Waals surface area contributed by atoms with Crippen molar-refractivity contribution in [1.29, 1.82) is 0 Å². The average molecular weight is 482 g/mol. The van der Waals surface area contributed by atoms with Crippen molar-refractivity contribution in [1.82, 2.24) is 0 Å². The summed E-state index contributed by atoms with van der Waals surface area (Å²) in [6, 6.07) is 0. The third-order valence-corrected chi connectivity index (χ3v) is 7.51. The summed E-state index contributed by atoms with van der Waals surface area (Å²) in [7, 11) is 0. The summed E-state index contributed by atoms with van der Waals surface area (Å²) < 4.78 is 87.6. The molecule has 0 aliphatic heterocycles. The lowest BCUT2D eigenvalue weighted by atomic mass is 9.72. The first-order chi connectivity index (χ1) is 15.1. The molecule has 8 atom stereocenters. The highest BCUT2D eigenvalue weighted by Gasteiger charge is 2.74. The Morgan fingerprint density at radius 1 is 0.727 bits per heavy atom. The lowest BCUT2D eigenvalue weighted by Crippen LogP contribution is -2.50. The maximum absolute atomic E-state index is 13.9. The number of esters is 2. The number of carbonyl (C=O) groups is 4. The molecule has 2 N–H and O–H groups in total. The number of fused-ring (bicyclic) bond motifs is 4. The first-order valence-corrected chi connectivity index (χ1v) is 9.81. The molecule has 180 valence electrons. The molecule has 0 aromatic rings. The minimum atomic E-state index is -5.11. The molecule has 0 aromatic carbocycles. The molecule has 8 unspecified atom stereocenters. The van der Waals surface area contributed by atoms with Gasteiger partial charge in [0.15, 0.2) is 0 Å². The molecule has 0 aromatic heterocycles. The number of aliphatic carboxylic acids is 2. The van der Waals surface area contributed by atoms with Crippen molar-refractivity contribution >= 4 is 23.9 Å². The Bertz CT molecular complexity index is 920. The highest BCUT2D eigenvalue weighted by molar-refractivity contribution is 5.94. The van der Waals surface area contributed by atoms with Gasteiger partial charge in [-0.15, -0.1) is 0 Å². The maximum Gasteiger partial charge on any atom is 0.398 e. The molecule has 0 spiro atoms. The summed E-state index contributed by atoms with van der Waals surface area (Å²) in [6.45, 7) is 0. The second kappa shape index (κ2) is 6.83. The quantitative estimate of drug-likeness (QED) is 0.274. The summed E-state index contributed by atoms with van der Waals surface area (Å²) >= 11 is 0. The largest absolute Gasteiger partial charge is 0.481 e. The minimum absolute atomic E-state index is 0.616. The van der Waals surface area contributed by atoms with Crippen molar-refractivity contribution in [3.63, 3.8) is 0 Å². The number of carboxylic acid groups (broad SMARTS) is 2. The lowest BCUT2D eigenvalue weighted by molar-refractivity contribution is -0.230. The smallest absolute Gasteiger partial charge is 0.398 e. The van der Waals surface area contributed by atoms with E-state index in [1.807, 2.05) is 0 Å². The van der Waals surface area contributed by atoms with Crippen LogP contribution in [0.2, 0.25) is 0 Å². The number of rotatable bonds is 4. The van der Waals surface area contributed by atoms with Crippen LogP contribution in [-0.4, -0.2) is 46.4 Å². The SMILES string of the molecule is O=C(O)C1C2C=CC(C(F)(F)F)(C2)C1C(=O)OC(=O)C1C(C(=O)O)C2C=CC1(C(F)(F)F)C2. The van der Waals surface area contributed by atoms with Gasteiger partial charge in [0.05, 0.1) is 34.5 Å². The fourth-order valence-electron chi connectivity index (χ4n) is 6.10. The number of carbonyl (C=O) groups excluding carboxylic acids is 2. The Labute approximate surface area is 181 Å². The monoisotopic (exact) mass is 482 g/mol. The number of halogens is 6. The number of alkyl halides is 6. The van der Waals surface area contributed by atoms with Crippen molar-refractivity contribution < 1.29 is 60.5 Å². The zero-order chi connectivity index (χ0) is 24.7. The molecular formula is C20H16F6O7. The molecular weight excluding hydrogens is 466 g/mol. The van der Waals surface area contributed by atoms with Crippen LogP contribution in [-0.2, 0) is 23.9 Å². The fraction of sp³-hybridized carbons (Fsp3) is 0.600. The van der Waals surface area contributed by atoms with Gasteiger partial charge in [-0.1, -0.05) is 24.3 Å². The molecule has 7 nitrogen and oxygen atoms in total. The van der Waals surface area contributed by atoms with Crippen LogP contribution in [0.15, 0.2) is 24.3 Å². The Balaban J connectivity index is 1.68. The predicted molar refractivity (Wildman–Crippen MR) is 91.8 cm³/mol. The molecule has 2 fully saturated rings. The van der Waals surface area contributed by atoms with Gasteiger partial charge in [0, 0.05) is 0 Å². The van der Waals surface area contributed by atoms with E-state index in [1.165, 1.54) is 0 Å². The van der Waals surface area contributed by atoms with Crippen LogP contribution in [0.3, 0.4) is 0 Å². The summed E-state index contributed by atoms with van der Waals surface area (Å²) in [4.78, 5) is 48.7. The third kappa shape index (κ3) is 2.96. The maximum atomic E-state index is 13.9. The van der Waals surface area contributed by atoms with Gasteiger partial charge in [-0.25, -0.2) is 0 Å². The summed E-state index contributed by atoms with van der Waals surface area (Å²) in [5.74, 6) is -18.4. The zero-order valence-electron chi connectivity index (χ0n) is 16.4. The number of allylic oxidation sites excluding steroid dienone is 4. The van der Waals surface area contributed by atoms with Gasteiger partial charge >= 0.3 is 36.2 Å². The normalized spacial score (nSPS) is 40.9. The van der Waals surface area contributed by atoms with Crippen molar-refractivity contribution in [2.24, 2.45) is 46.3 Å². The predicted octanol–water partition coefficient (Wildman–Crippen LogP) is 2.97. The van der Waals surface area contributed by atoms with Crippen LogP contribution in [0, 0.1) is 46.3 Å². The molecule has 4 bridgehead atoms. The van der Waals surface area contributed by atoms with Gasteiger partial charge in [-0.05, 0) is 24.7 Å². The van der Waals surface area contributed by atoms with Gasteiger partial charge in [-0.2, -0.15) is 26.3 Å². The van der Waals surface area contributed by atoms with Gasteiger partial charge in [0.2, 0.25) is 0 Å². The van der Waals surface area contributed by atoms with E-state index in [4.69, 9.17) is 0 Å². The molecule has 33 heavy (non-hydrogen) atoms. The van der Waals surface area contributed by atoms with Gasteiger partial charge in [0.25, 0.3) is 0 Å². The summed E-state index contributed by atoms with van der Waals surface area (Å²) in [5, 5.41) is 18.8. The van der Waals surface area contributed by atoms with Gasteiger partial charge < -0.3 is 14.9 Å². The van der Waals surface area contributed by atoms with Crippen molar-refractivity contribution in [3.8, 4) is 0 Å². The van der Waals surface area contributed by atoms with Crippen LogP contribution in [0.4, 0.5) is 26.3 Å². The van der Waals surface area contributed by atoms with Gasteiger partial charge in [-0.3, -0.25) is 19.2 Å². The van der Waals surface area contributed by atoms with Crippen LogP contribution in [0.25, 0.3) is 0 Å². The van der Waals surface area contributed by atoms with Crippen molar-refractivity contribution in [3.05, 3.63) is 24.3 Å². The van der Waals surface area contributed by atoms with E-state index in [9.17, 15) is 55.7 Å². The van der Waals surface area contributed by atoms with Crippen molar-refractivity contribution in [2.75, 3.05) is 0 Å². The fourth-order valence-corrected chi connectivity index (χ4v) is 6.10. The zero-order valence-corrected chi connectivity index (χ0v) is 16.4. The van der Waals surface area contributed by atoms with E-state index in [2.05, 4.69) is 4.74 Å². The number of carboxylic acids is 2. The van der Waals surface area contributed by atoms with E-state index in [0.29, 0.717) is 12.2 Å². The molecule has 0 radical (unpaired) electrons. The molecule has 4 aliphatic carbocycles. The topological polar surface area (TPSA) is 118 Å². The Hall–Kier alpha value is -2.86. The molecule has 0 saturated heterocycles. The Morgan fingerprint density at radius 3 is 1.33 bits per heavy atom. The minimum Gasteiger partial charge on any atom is -0.481 e. The van der Waals surface area contributed by atoms with Crippen LogP contribution in [0.5, 0.6) is 0 Å². The average Bonchev–Trinajstić information content (AvgIpc) is 3.42. The van der Waals surface area contributed by atoms with Gasteiger partial charge in [0.1, 0.15) is 0 Å². The van der Waals surface area contributed by atoms with Crippen molar-refractivity contribution in [2.45, 2.75) is 25.2 Å². The number of hydrogen-bond donors (Lipinski definition) is 2. The lowest BCUT2D eigenvalue weighted by Gasteiger charge is -2.36. The molecule has 4 rings (SSSR count). The standard InChI is InChI=1S/C20H16F6O7/c21-19(22,23)17-3-1-7(5-17)9(13(27)28)11(17)15(31)33-16(32)12-10(14(29)30)8-2-4-18(12,6-8)20(24,25)26/h1-4,7-12H,5-6H2,(H,27,28)(H,29,30).